The van der Waals surface area contributed by atoms with Crippen molar-refractivity contribution in [2.45, 2.75) is 59.0 Å². The van der Waals surface area contributed by atoms with Crippen LogP contribution in [-0.2, 0) is 0 Å². The topological polar surface area (TPSA) is 26.3 Å². The summed E-state index contributed by atoms with van der Waals surface area (Å²) in [6.07, 6.45) is 6.53. The fourth-order valence-electron chi connectivity index (χ4n) is 2.84. The van der Waals surface area contributed by atoms with Crippen molar-refractivity contribution in [3.8, 4) is 5.75 Å². The zero-order chi connectivity index (χ0) is 13.8. The predicted molar refractivity (Wildman–Crippen MR) is 77.8 cm³/mol. The lowest BCUT2D eigenvalue weighted by Crippen LogP contribution is -2.24. The fraction of sp³-hybridized carbons (Fsp3) is 0.588. The van der Waals surface area contributed by atoms with Gasteiger partial charge in [0.05, 0.1) is 6.10 Å². The predicted octanol–water partition coefficient (Wildman–Crippen LogP) is 4.55. The van der Waals surface area contributed by atoms with Gasteiger partial charge in [-0.1, -0.05) is 13.3 Å². The lowest BCUT2D eigenvalue weighted by molar-refractivity contribution is 0.101. The molecule has 1 aliphatic rings. The van der Waals surface area contributed by atoms with Gasteiger partial charge in [0.15, 0.2) is 5.78 Å². The van der Waals surface area contributed by atoms with Gasteiger partial charge in [-0.05, 0) is 69.2 Å². The molecule has 2 heteroatoms. The minimum absolute atomic E-state index is 0.109. The van der Waals surface area contributed by atoms with Gasteiger partial charge in [0.1, 0.15) is 5.75 Å². The van der Waals surface area contributed by atoms with Crippen molar-refractivity contribution < 1.29 is 9.53 Å². The average Bonchev–Trinajstić information content (AvgIpc) is 2.41. The molecule has 104 valence electrons. The standard InChI is InChI=1S/C17H24O2/c1-4-14-5-8-16(9-6-14)19-17-10-7-15(13(3)18)11-12(17)2/h7,10-11,14,16H,4-6,8-9H2,1-3H3. The van der Waals surface area contributed by atoms with Crippen molar-refractivity contribution >= 4 is 5.78 Å². The van der Waals surface area contributed by atoms with Crippen molar-refractivity contribution in [1.82, 2.24) is 0 Å². The summed E-state index contributed by atoms with van der Waals surface area (Å²) >= 11 is 0. The first kappa shape index (κ1) is 14.1. The Bertz CT molecular complexity index is 443. The van der Waals surface area contributed by atoms with Gasteiger partial charge >= 0.3 is 0 Å². The van der Waals surface area contributed by atoms with Crippen LogP contribution in [0.3, 0.4) is 0 Å². The highest BCUT2D eigenvalue weighted by Gasteiger charge is 2.21. The number of ether oxygens (including phenoxy) is 1. The van der Waals surface area contributed by atoms with Gasteiger partial charge in [-0.25, -0.2) is 0 Å². The zero-order valence-electron chi connectivity index (χ0n) is 12.2. The molecule has 0 unspecified atom stereocenters. The maximum atomic E-state index is 11.3. The van der Waals surface area contributed by atoms with E-state index in [9.17, 15) is 4.79 Å². The quantitative estimate of drug-likeness (QED) is 0.743. The fourth-order valence-corrected chi connectivity index (χ4v) is 2.84. The van der Waals surface area contributed by atoms with Gasteiger partial charge in [0.25, 0.3) is 0 Å². The molecule has 0 radical (unpaired) electrons. The molecule has 2 rings (SSSR count). The van der Waals surface area contributed by atoms with E-state index in [0.29, 0.717) is 6.10 Å². The molecule has 0 bridgehead atoms. The normalized spacial score (nSPS) is 23.1. The molecule has 0 aliphatic heterocycles. The Labute approximate surface area is 116 Å². The summed E-state index contributed by atoms with van der Waals surface area (Å²) in [5, 5.41) is 0. The Morgan fingerprint density at radius 2 is 1.95 bits per heavy atom. The molecule has 0 saturated heterocycles. The molecule has 0 N–H and O–H groups in total. The number of aryl methyl sites for hydroxylation is 1. The van der Waals surface area contributed by atoms with Crippen LogP contribution in [0.15, 0.2) is 18.2 Å². The Balaban J connectivity index is 1.98. The first-order valence-electron chi connectivity index (χ1n) is 7.38. The Kier molecular flexibility index (Phi) is 4.62. The van der Waals surface area contributed by atoms with Crippen LogP contribution in [0.25, 0.3) is 0 Å². The highest BCUT2D eigenvalue weighted by molar-refractivity contribution is 5.94. The molecule has 0 aromatic heterocycles. The van der Waals surface area contributed by atoms with Crippen LogP contribution in [0.2, 0.25) is 0 Å². The smallest absolute Gasteiger partial charge is 0.159 e. The molecule has 1 saturated carbocycles. The monoisotopic (exact) mass is 260 g/mol. The molecule has 0 spiro atoms. The first-order chi connectivity index (χ1) is 9.10. The zero-order valence-corrected chi connectivity index (χ0v) is 12.2. The van der Waals surface area contributed by atoms with E-state index < -0.39 is 0 Å². The molecule has 0 amide bonds. The maximum absolute atomic E-state index is 11.3. The molecule has 1 aromatic rings. The highest BCUT2D eigenvalue weighted by Crippen LogP contribution is 2.30. The minimum Gasteiger partial charge on any atom is -0.490 e. The van der Waals surface area contributed by atoms with Crippen LogP contribution < -0.4 is 4.74 Å². The molecular weight excluding hydrogens is 236 g/mol. The van der Waals surface area contributed by atoms with Gasteiger partial charge in [-0.3, -0.25) is 4.79 Å². The second kappa shape index (κ2) is 6.23. The molecule has 1 fully saturated rings. The molecule has 1 aromatic carbocycles. The number of ketones is 1. The highest BCUT2D eigenvalue weighted by atomic mass is 16.5. The number of hydrogen-bond donors (Lipinski definition) is 0. The van der Waals surface area contributed by atoms with Gasteiger partial charge in [0.2, 0.25) is 0 Å². The van der Waals surface area contributed by atoms with Crippen molar-refractivity contribution in [2.75, 3.05) is 0 Å². The van der Waals surface area contributed by atoms with Crippen LogP contribution in [0, 0.1) is 12.8 Å². The van der Waals surface area contributed by atoms with Crippen molar-refractivity contribution in [2.24, 2.45) is 5.92 Å². The van der Waals surface area contributed by atoms with Crippen LogP contribution >= 0.6 is 0 Å². The molecule has 0 atom stereocenters. The molecule has 0 heterocycles. The number of benzene rings is 1. The van der Waals surface area contributed by atoms with E-state index in [-0.39, 0.29) is 5.78 Å². The van der Waals surface area contributed by atoms with Crippen molar-refractivity contribution in [3.63, 3.8) is 0 Å². The van der Waals surface area contributed by atoms with Crippen LogP contribution in [0.4, 0.5) is 0 Å². The molecule has 2 nitrogen and oxygen atoms in total. The summed E-state index contributed by atoms with van der Waals surface area (Å²) in [6, 6.07) is 5.73. The summed E-state index contributed by atoms with van der Waals surface area (Å²) in [7, 11) is 0. The second-order valence-corrected chi connectivity index (χ2v) is 5.71. The summed E-state index contributed by atoms with van der Waals surface area (Å²) in [5.74, 6) is 1.93. The Morgan fingerprint density at radius 3 is 2.47 bits per heavy atom. The Morgan fingerprint density at radius 1 is 1.26 bits per heavy atom. The Hall–Kier alpha value is -1.31. The van der Waals surface area contributed by atoms with Crippen LogP contribution in [-0.4, -0.2) is 11.9 Å². The van der Waals surface area contributed by atoms with E-state index >= 15 is 0 Å². The van der Waals surface area contributed by atoms with Gasteiger partial charge in [-0.15, -0.1) is 0 Å². The third-order valence-electron chi connectivity index (χ3n) is 4.25. The van der Waals surface area contributed by atoms with Crippen molar-refractivity contribution in [1.29, 1.82) is 0 Å². The lowest BCUT2D eigenvalue weighted by atomic mass is 9.86. The SMILES string of the molecule is CCC1CCC(Oc2ccc(C(C)=O)cc2C)CC1. The van der Waals surface area contributed by atoms with Gasteiger partial charge < -0.3 is 4.74 Å². The minimum atomic E-state index is 0.109. The number of hydrogen-bond acceptors (Lipinski definition) is 2. The van der Waals surface area contributed by atoms with Crippen LogP contribution in [0.5, 0.6) is 5.75 Å². The van der Waals surface area contributed by atoms with Gasteiger partial charge in [0, 0.05) is 5.56 Å². The number of carbonyl (C=O) groups excluding carboxylic acids is 1. The maximum Gasteiger partial charge on any atom is 0.159 e. The van der Waals surface area contributed by atoms with E-state index in [2.05, 4.69) is 6.92 Å². The molecule has 19 heavy (non-hydrogen) atoms. The van der Waals surface area contributed by atoms with Gasteiger partial charge in [-0.2, -0.15) is 0 Å². The lowest BCUT2D eigenvalue weighted by Gasteiger charge is -2.28. The van der Waals surface area contributed by atoms with E-state index in [1.807, 2.05) is 25.1 Å². The summed E-state index contributed by atoms with van der Waals surface area (Å²) in [4.78, 5) is 11.3. The first-order valence-corrected chi connectivity index (χ1v) is 7.38. The van der Waals surface area contributed by atoms with E-state index in [1.165, 1.54) is 19.3 Å². The van der Waals surface area contributed by atoms with Crippen molar-refractivity contribution in [3.05, 3.63) is 29.3 Å². The number of Topliss-reactive ketones (excluding diaryl/α,β-unsaturated/α-hetero) is 1. The van der Waals surface area contributed by atoms with E-state index in [4.69, 9.17) is 4.74 Å². The molecule has 1 aliphatic carbocycles. The largest absolute Gasteiger partial charge is 0.490 e. The third kappa shape index (κ3) is 3.59. The third-order valence-corrected chi connectivity index (χ3v) is 4.25. The number of rotatable bonds is 4. The average molecular weight is 260 g/mol. The summed E-state index contributed by atoms with van der Waals surface area (Å²) in [6.45, 7) is 5.89. The van der Waals surface area contributed by atoms with Crippen LogP contribution in [0.1, 0.15) is 61.9 Å². The number of carbonyl (C=O) groups is 1. The van der Waals surface area contributed by atoms with E-state index in [1.54, 1.807) is 6.92 Å². The summed E-state index contributed by atoms with van der Waals surface area (Å²) < 4.78 is 6.10. The second-order valence-electron chi connectivity index (χ2n) is 5.71. The molecular formula is C17H24O2. The summed E-state index contributed by atoms with van der Waals surface area (Å²) in [5.41, 5.74) is 1.82. The van der Waals surface area contributed by atoms with E-state index in [0.717, 1.165) is 35.6 Å².